The van der Waals surface area contributed by atoms with Crippen molar-refractivity contribution >= 4 is 12.4 Å². The molecule has 1 amide bonds. The Morgan fingerprint density at radius 3 is 2.33 bits per heavy atom. The Labute approximate surface area is 91.4 Å². The van der Waals surface area contributed by atoms with Crippen molar-refractivity contribution in [3.63, 3.8) is 0 Å². The van der Waals surface area contributed by atoms with Crippen molar-refractivity contribution in [2.75, 3.05) is 0 Å². The first-order valence-corrected chi connectivity index (χ1v) is 5.19. The van der Waals surface area contributed by atoms with Gasteiger partial charge in [0.25, 0.3) is 0 Å². The number of rotatable bonds is 4. The van der Waals surface area contributed by atoms with Crippen LogP contribution in [0.1, 0.15) is 41.0 Å². The predicted molar refractivity (Wildman–Crippen MR) is 58.7 cm³/mol. The van der Waals surface area contributed by atoms with Gasteiger partial charge in [0.15, 0.2) is 0 Å². The van der Waals surface area contributed by atoms with Crippen LogP contribution in [0.5, 0.6) is 0 Å². The quantitative estimate of drug-likeness (QED) is 0.731. The maximum Gasteiger partial charge on any atom is 0.407 e. The zero-order valence-corrected chi connectivity index (χ0v) is 10.2. The zero-order valence-electron chi connectivity index (χ0n) is 10.2. The molecule has 15 heavy (non-hydrogen) atoms. The lowest BCUT2D eigenvalue weighted by Gasteiger charge is -2.24. The summed E-state index contributed by atoms with van der Waals surface area (Å²) in [6.45, 7) is 9.21. The van der Waals surface area contributed by atoms with Crippen LogP contribution in [0.4, 0.5) is 4.79 Å². The van der Waals surface area contributed by atoms with Crippen LogP contribution in [0.3, 0.4) is 0 Å². The fourth-order valence-electron chi connectivity index (χ4n) is 0.992. The van der Waals surface area contributed by atoms with E-state index in [1.54, 1.807) is 0 Å². The molecule has 0 rings (SSSR count). The van der Waals surface area contributed by atoms with Gasteiger partial charge in [-0.15, -0.1) is 0 Å². The van der Waals surface area contributed by atoms with E-state index in [0.29, 0.717) is 6.42 Å². The summed E-state index contributed by atoms with van der Waals surface area (Å²) in [4.78, 5) is 21.6. The molecule has 0 fully saturated rings. The minimum absolute atomic E-state index is 0.0648. The Hall–Kier alpha value is -1.06. The van der Waals surface area contributed by atoms with E-state index in [9.17, 15) is 9.59 Å². The number of carbonyl (C=O) groups is 2. The molecule has 0 aliphatic heterocycles. The summed E-state index contributed by atoms with van der Waals surface area (Å²) in [6, 6.07) is -0.0648. The second-order valence-electron chi connectivity index (χ2n) is 4.81. The third-order valence-corrected chi connectivity index (χ3v) is 2.07. The van der Waals surface area contributed by atoms with E-state index in [-0.39, 0.29) is 12.0 Å². The van der Waals surface area contributed by atoms with Crippen LogP contribution in [-0.2, 0) is 9.53 Å². The highest BCUT2D eigenvalue weighted by molar-refractivity contribution is 5.68. The molecule has 0 aliphatic carbocycles. The number of aldehydes is 1. The summed E-state index contributed by atoms with van der Waals surface area (Å²) in [6.07, 6.45) is 0.863. The van der Waals surface area contributed by atoms with Crippen LogP contribution in [0, 0.1) is 5.92 Å². The molecule has 4 heteroatoms. The Balaban J connectivity index is 4.01. The molecule has 0 saturated heterocycles. The molecule has 0 aliphatic rings. The number of carbonyl (C=O) groups excluding carboxylic acids is 2. The van der Waals surface area contributed by atoms with Gasteiger partial charge < -0.3 is 14.8 Å². The minimum Gasteiger partial charge on any atom is -0.444 e. The zero-order chi connectivity index (χ0) is 12.1. The van der Waals surface area contributed by atoms with Gasteiger partial charge in [0.1, 0.15) is 11.9 Å². The highest BCUT2D eigenvalue weighted by Crippen LogP contribution is 2.09. The smallest absolute Gasteiger partial charge is 0.407 e. The number of alkyl carbamates (subject to hydrolysis) is 1. The summed E-state index contributed by atoms with van der Waals surface area (Å²) < 4.78 is 5.10. The topological polar surface area (TPSA) is 55.4 Å². The highest BCUT2D eigenvalue weighted by Gasteiger charge is 2.19. The molecule has 0 unspecified atom stereocenters. The summed E-state index contributed by atoms with van der Waals surface area (Å²) >= 11 is 0. The lowest BCUT2D eigenvalue weighted by Crippen LogP contribution is -2.40. The first-order chi connectivity index (χ1) is 6.76. The summed E-state index contributed by atoms with van der Waals surface area (Å²) in [5.41, 5.74) is -0.488. The molecular formula is C11H21NO3. The number of ether oxygens (including phenoxy) is 1. The Kier molecular flexibility index (Phi) is 5.33. The van der Waals surface area contributed by atoms with Crippen molar-refractivity contribution in [3.05, 3.63) is 0 Å². The van der Waals surface area contributed by atoms with Crippen LogP contribution in [0.15, 0.2) is 0 Å². The molecule has 0 heterocycles. The normalized spacial score (nSPS) is 15.3. The van der Waals surface area contributed by atoms with Crippen LogP contribution < -0.4 is 5.32 Å². The SMILES string of the molecule is C[C@H](NC(=O)OC(C)(C)C)[C@@H](C)CC=O. The van der Waals surface area contributed by atoms with Gasteiger partial charge in [-0.05, 0) is 33.6 Å². The molecule has 0 bridgehead atoms. The van der Waals surface area contributed by atoms with Crippen molar-refractivity contribution in [2.24, 2.45) is 5.92 Å². The van der Waals surface area contributed by atoms with Crippen molar-refractivity contribution in [1.29, 1.82) is 0 Å². The molecular weight excluding hydrogens is 194 g/mol. The third-order valence-electron chi connectivity index (χ3n) is 2.07. The predicted octanol–water partition coefficient (Wildman–Crippen LogP) is 2.12. The summed E-state index contributed by atoms with van der Waals surface area (Å²) in [5, 5.41) is 2.70. The highest BCUT2D eigenvalue weighted by atomic mass is 16.6. The largest absolute Gasteiger partial charge is 0.444 e. The van der Waals surface area contributed by atoms with Gasteiger partial charge >= 0.3 is 6.09 Å². The van der Waals surface area contributed by atoms with Gasteiger partial charge in [-0.2, -0.15) is 0 Å². The summed E-state index contributed by atoms with van der Waals surface area (Å²) in [7, 11) is 0. The van der Waals surface area contributed by atoms with Gasteiger partial charge in [0.05, 0.1) is 0 Å². The molecule has 4 nitrogen and oxygen atoms in total. The van der Waals surface area contributed by atoms with Gasteiger partial charge in [-0.3, -0.25) is 0 Å². The molecule has 88 valence electrons. The van der Waals surface area contributed by atoms with Gasteiger partial charge in [-0.25, -0.2) is 4.79 Å². The number of amides is 1. The molecule has 0 spiro atoms. The molecule has 0 aromatic heterocycles. The van der Waals surface area contributed by atoms with Crippen LogP contribution in [0.25, 0.3) is 0 Å². The van der Waals surface area contributed by atoms with Gasteiger partial charge in [0.2, 0.25) is 0 Å². The lowest BCUT2D eigenvalue weighted by molar-refractivity contribution is -0.108. The van der Waals surface area contributed by atoms with E-state index in [2.05, 4.69) is 5.32 Å². The minimum atomic E-state index is -0.488. The molecule has 0 aromatic rings. The maximum absolute atomic E-state index is 11.4. The van der Waals surface area contributed by atoms with Gasteiger partial charge in [0, 0.05) is 12.5 Å². The fourth-order valence-corrected chi connectivity index (χ4v) is 0.992. The van der Waals surface area contributed by atoms with E-state index >= 15 is 0 Å². The van der Waals surface area contributed by atoms with E-state index < -0.39 is 11.7 Å². The average molecular weight is 215 g/mol. The van der Waals surface area contributed by atoms with Crippen LogP contribution in [-0.4, -0.2) is 24.0 Å². The Morgan fingerprint density at radius 1 is 1.40 bits per heavy atom. The van der Waals surface area contributed by atoms with E-state index in [4.69, 9.17) is 4.74 Å². The molecule has 1 N–H and O–H groups in total. The number of nitrogens with one attached hydrogen (secondary N) is 1. The maximum atomic E-state index is 11.4. The molecule has 2 atom stereocenters. The van der Waals surface area contributed by atoms with E-state index in [1.807, 2.05) is 34.6 Å². The number of hydrogen-bond acceptors (Lipinski definition) is 3. The average Bonchev–Trinajstić information content (AvgIpc) is 2.00. The molecule has 0 radical (unpaired) electrons. The van der Waals surface area contributed by atoms with Crippen molar-refractivity contribution < 1.29 is 14.3 Å². The lowest BCUT2D eigenvalue weighted by atomic mass is 10.0. The molecule has 0 saturated carbocycles. The Bertz CT molecular complexity index is 220. The Morgan fingerprint density at radius 2 is 1.93 bits per heavy atom. The van der Waals surface area contributed by atoms with Crippen molar-refractivity contribution in [1.82, 2.24) is 5.32 Å². The van der Waals surface area contributed by atoms with E-state index in [0.717, 1.165) is 6.29 Å². The molecule has 0 aromatic carbocycles. The van der Waals surface area contributed by atoms with Gasteiger partial charge in [-0.1, -0.05) is 6.92 Å². The first kappa shape index (κ1) is 13.9. The second kappa shape index (κ2) is 5.73. The van der Waals surface area contributed by atoms with Crippen molar-refractivity contribution in [2.45, 2.75) is 52.7 Å². The van der Waals surface area contributed by atoms with Crippen molar-refractivity contribution in [3.8, 4) is 0 Å². The summed E-state index contributed by atoms with van der Waals surface area (Å²) in [5.74, 6) is 0.120. The van der Waals surface area contributed by atoms with Crippen LogP contribution in [0.2, 0.25) is 0 Å². The standard InChI is InChI=1S/C11H21NO3/c1-8(6-7-13)9(2)12-10(14)15-11(3,4)5/h7-9H,6H2,1-5H3,(H,12,14)/t8-,9-/m0/s1. The monoisotopic (exact) mass is 215 g/mol. The second-order valence-corrected chi connectivity index (χ2v) is 4.81. The first-order valence-electron chi connectivity index (χ1n) is 5.19. The number of hydrogen-bond donors (Lipinski definition) is 1. The van der Waals surface area contributed by atoms with E-state index in [1.165, 1.54) is 0 Å². The van der Waals surface area contributed by atoms with Crippen LogP contribution >= 0.6 is 0 Å². The fraction of sp³-hybridized carbons (Fsp3) is 0.818. The third kappa shape index (κ3) is 6.94.